The Labute approximate surface area is 463 Å². The quantitative estimate of drug-likeness (QED) is 0.161. The minimum absolute atomic E-state index is 0.155. The number of rotatable bonds is 6. The van der Waals surface area contributed by atoms with Gasteiger partial charge in [-0.05, 0) is 132 Å². The van der Waals surface area contributed by atoms with Gasteiger partial charge in [-0.3, -0.25) is 0 Å². The number of hydrogen-bond acceptors (Lipinski definition) is 2. The van der Waals surface area contributed by atoms with Crippen LogP contribution in [0.1, 0.15) is 47.2 Å². The van der Waals surface area contributed by atoms with E-state index in [-0.39, 0.29) is 5.41 Å². The van der Waals surface area contributed by atoms with Gasteiger partial charge in [0.25, 0.3) is 0 Å². The van der Waals surface area contributed by atoms with Gasteiger partial charge >= 0.3 is 0 Å². The molecule has 0 aliphatic heterocycles. The number of aromatic nitrogens is 1. The molecule has 3 aliphatic rings. The molecular formula is C76H50N2S. The fourth-order valence-corrected chi connectivity index (χ4v) is 15.9. The van der Waals surface area contributed by atoms with Crippen LogP contribution in [0.3, 0.4) is 0 Å². The van der Waals surface area contributed by atoms with Gasteiger partial charge in [-0.2, -0.15) is 0 Å². The first-order valence-electron chi connectivity index (χ1n) is 27.6. The predicted octanol–water partition coefficient (Wildman–Crippen LogP) is 20.6. The second-order valence-corrected chi connectivity index (χ2v) is 23.3. The molecule has 0 saturated carbocycles. The summed E-state index contributed by atoms with van der Waals surface area (Å²) in [5, 5.41) is 5.09. The predicted molar refractivity (Wildman–Crippen MR) is 333 cm³/mol. The summed E-state index contributed by atoms with van der Waals surface area (Å²) in [6.07, 6.45) is 0. The largest absolute Gasteiger partial charge is 0.310 e. The van der Waals surface area contributed by atoms with Crippen LogP contribution in [0.4, 0.5) is 17.1 Å². The van der Waals surface area contributed by atoms with Gasteiger partial charge in [0.2, 0.25) is 0 Å². The van der Waals surface area contributed by atoms with E-state index < -0.39 is 5.41 Å². The van der Waals surface area contributed by atoms with E-state index in [0.717, 1.165) is 22.6 Å². The molecule has 0 N–H and O–H groups in total. The molecule has 1 atom stereocenters. The third-order valence-corrected chi connectivity index (χ3v) is 19.2. The number of anilines is 3. The Hall–Kier alpha value is -9.54. The monoisotopic (exact) mass is 1020 g/mol. The third-order valence-electron chi connectivity index (χ3n) is 18.0. The lowest BCUT2D eigenvalue weighted by atomic mass is 9.70. The normalized spacial score (nSPS) is 15.1. The van der Waals surface area contributed by atoms with Crippen LogP contribution in [0.25, 0.3) is 103 Å². The summed E-state index contributed by atoms with van der Waals surface area (Å²) in [4.78, 5) is 2.47. The lowest BCUT2D eigenvalue weighted by Crippen LogP contribution is -2.25. The second kappa shape index (κ2) is 16.5. The lowest BCUT2D eigenvalue weighted by Gasteiger charge is -2.30. The highest BCUT2D eigenvalue weighted by molar-refractivity contribution is 7.26. The Balaban J connectivity index is 0.895. The van der Waals surface area contributed by atoms with E-state index in [2.05, 4.69) is 290 Å². The zero-order chi connectivity index (χ0) is 52.1. The highest BCUT2D eigenvalue weighted by Crippen LogP contribution is 2.65. The van der Waals surface area contributed by atoms with Gasteiger partial charge in [0.05, 0.1) is 22.1 Å². The topological polar surface area (TPSA) is 8.17 Å². The molecule has 1 unspecified atom stereocenters. The number of para-hydroxylation sites is 1. The first kappa shape index (κ1) is 44.6. The number of nitrogens with zero attached hydrogens (tertiary/aromatic N) is 2. The highest BCUT2D eigenvalue weighted by Gasteiger charge is 2.53. The minimum Gasteiger partial charge on any atom is -0.310 e. The maximum atomic E-state index is 2.57. The summed E-state index contributed by atoms with van der Waals surface area (Å²) < 4.78 is 5.23. The molecule has 3 heteroatoms. The lowest BCUT2D eigenvalue weighted by molar-refractivity contribution is 0.660. The van der Waals surface area contributed by atoms with Crippen molar-refractivity contribution in [2.45, 2.75) is 24.7 Å². The van der Waals surface area contributed by atoms with Gasteiger partial charge in [0, 0.05) is 64.5 Å². The van der Waals surface area contributed by atoms with Crippen molar-refractivity contribution in [3.63, 3.8) is 0 Å². The Morgan fingerprint density at radius 2 is 0.861 bits per heavy atom. The second-order valence-electron chi connectivity index (χ2n) is 22.3. The van der Waals surface area contributed by atoms with E-state index in [1.165, 1.54) is 131 Å². The Morgan fingerprint density at radius 1 is 0.329 bits per heavy atom. The van der Waals surface area contributed by atoms with Gasteiger partial charge < -0.3 is 9.47 Å². The van der Waals surface area contributed by atoms with Gasteiger partial charge in [0.15, 0.2) is 0 Å². The highest BCUT2D eigenvalue weighted by atomic mass is 32.1. The van der Waals surface area contributed by atoms with E-state index in [4.69, 9.17) is 0 Å². The van der Waals surface area contributed by atoms with Crippen molar-refractivity contribution in [3.8, 4) is 61.3 Å². The maximum absolute atomic E-state index is 2.57. The van der Waals surface area contributed by atoms with E-state index in [9.17, 15) is 0 Å². The molecule has 2 aromatic heterocycles. The number of fused-ring (bicyclic) bond motifs is 19. The van der Waals surface area contributed by atoms with E-state index >= 15 is 0 Å². The Bertz CT molecular complexity index is 4880. The van der Waals surface area contributed by atoms with Gasteiger partial charge in [-0.25, -0.2) is 0 Å². The summed E-state index contributed by atoms with van der Waals surface area (Å²) in [5.41, 5.74) is 27.0. The van der Waals surface area contributed by atoms with Crippen LogP contribution < -0.4 is 4.90 Å². The van der Waals surface area contributed by atoms with E-state index in [1.54, 1.807) is 0 Å². The van der Waals surface area contributed by atoms with E-state index in [0.29, 0.717) is 0 Å². The fourth-order valence-electron chi connectivity index (χ4n) is 14.7. The molecule has 14 aromatic rings. The Morgan fingerprint density at radius 3 is 1.67 bits per heavy atom. The van der Waals surface area contributed by atoms with Crippen molar-refractivity contribution in [3.05, 3.63) is 300 Å². The minimum atomic E-state index is -0.550. The first-order valence-corrected chi connectivity index (χ1v) is 28.4. The standard InChI is InChI=1S/C76H50N2S/c1-75(2)62-29-11-6-21-52(62)53-43-41-50(45-67(53)75)77(49-39-37-48(38-40-49)47-19-4-3-5-20-47)51-42-44-55-54-22-9-14-34-68(54)78(70(55)46-51)69-35-18-33-66-73(69)61-25-8-13-31-64(61)76(66)63-30-12-7-24-60(63)72-57(26-17-32-65(72)76)59-28-16-27-58-56-23-10-15-36-71(56)79-74(58)59/h3-46H,1-2H3. The smallest absolute Gasteiger partial charge is 0.0726 e. The van der Waals surface area contributed by atoms with Crippen LogP contribution in [0.15, 0.2) is 267 Å². The molecule has 0 fully saturated rings. The number of benzene rings is 12. The van der Waals surface area contributed by atoms with Gasteiger partial charge in [-0.1, -0.05) is 226 Å². The first-order chi connectivity index (χ1) is 39.0. The zero-order valence-electron chi connectivity index (χ0n) is 43.7. The van der Waals surface area contributed by atoms with Crippen LogP contribution in [-0.4, -0.2) is 4.57 Å². The average Bonchev–Trinajstić information content (AvgIpc) is 3.02. The molecule has 0 radical (unpaired) electrons. The van der Waals surface area contributed by atoms with Crippen LogP contribution in [0.2, 0.25) is 0 Å². The van der Waals surface area contributed by atoms with Crippen LogP contribution in [0, 0.1) is 0 Å². The summed E-state index contributed by atoms with van der Waals surface area (Å²) in [5.74, 6) is 0. The van der Waals surface area contributed by atoms with E-state index in [1.807, 2.05) is 11.3 Å². The molecule has 370 valence electrons. The molecule has 0 saturated heterocycles. The summed E-state index contributed by atoms with van der Waals surface area (Å²) >= 11 is 1.91. The van der Waals surface area contributed by atoms with Crippen molar-refractivity contribution in [2.24, 2.45) is 0 Å². The number of hydrogen-bond donors (Lipinski definition) is 0. The van der Waals surface area contributed by atoms with Crippen LogP contribution in [-0.2, 0) is 10.8 Å². The summed E-state index contributed by atoms with van der Waals surface area (Å²) in [7, 11) is 0. The maximum Gasteiger partial charge on any atom is 0.0726 e. The third kappa shape index (κ3) is 6.06. The molecule has 2 heterocycles. The average molecular weight is 1020 g/mol. The van der Waals surface area contributed by atoms with Crippen molar-refractivity contribution in [2.75, 3.05) is 4.90 Å². The molecule has 3 aliphatic carbocycles. The molecule has 79 heavy (non-hydrogen) atoms. The van der Waals surface area contributed by atoms with Crippen molar-refractivity contribution in [1.29, 1.82) is 0 Å². The van der Waals surface area contributed by atoms with Crippen molar-refractivity contribution >= 4 is 70.4 Å². The molecule has 12 aromatic carbocycles. The molecule has 2 nitrogen and oxygen atoms in total. The van der Waals surface area contributed by atoms with Crippen LogP contribution >= 0.6 is 11.3 Å². The molecule has 17 rings (SSSR count). The van der Waals surface area contributed by atoms with Crippen molar-refractivity contribution in [1.82, 2.24) is 4.57 Å². The molecule has 1 spiro atoms. The van der Waals surface area contributed by atoms with Crippen molar-refractivity contribution < 1.29 is 0 Å². The SMILES string of the molecule is CC1(C)c2ccccc2-c2ccc(N(c3ccc(-c4ccccc4)cc3)c3ccc4c5ccccc5n(-c5cccc6c5-c5ccccc5C65c6ccccc6-c6c(-c7cccc8c7sc7ccccc78)cccc65)c4c3)cc21. The molecule has 0 amide bonds. The zero-order valence-corrected chi connectivity index (χ0v) is 44.5. The molecule has 0 bridgehead atoms. The fraction of sp³-hybridized carbons (Fsp3) is 0.0526. The Kier molecular flexibility index (Phi) is 9.30. The van der Waals surface area contributed by atoms with Gasteiger partial charge in [-0.15, -0.1) is 11.3 Å². The number of thiophene rings is 1. The van der Waals surface area contributed by atoms with Crippen LogP contribution in [0.5, 0.6) is 0 Å². The molecular weight excluding hydrogens is 973 g/mol. The summed E-state index contributed by atoms with van der Waals surface area (Å²) in [6, 6.07) is 101. The summed E-state index contributed by atoms with van der Waals surface area (Å²) in [6.45, 7) is 4.75. The van der Waals surface area contributed by atoms with Gasteiger partial charge in [0.1, 0.15) is 0 Å².